The van der Waals surface area contributed by atoms with E-state index in [-0.39, 0.29) is 5.95 Å². The molecule has 0 aliphatic carbocycles. The summed E-state index contributed by atoms with van der Waals surface area (Å²) >= 11 is 13.4. The SMILES string of the molecule is CC(Oc1ccc(Cl)cc1Cl)c1nnc(SCc2nc(N)nc(N(C)C)n2)n1N. The number of nitrogens with zero attached hydrogens (tertiary/aromatic N) is 7. The number of ether oxygens (including phenoxy) is 1. The predicted octanol–water partition coefficient (Wildman–Crippen LogP) is 2.56. The first kappa shape index (κ1) is 21.2. The number of thioether (sulfide) groups is 1. The van der Waals surface area contributed by atoms with Crippen LogP contribution in [0.2, 0.25) is 10.0 Å². The summed E-state index contributed by atoms with van der Waals surface area (Å²) in [5.41, 5.74) is 5.74. The highest BCUT2D eigenvalue weighted by Crippen LogP contribution is 2.31. The van der Waals surface area contributed by atoms with E-state index in [0.29, 0.717) is 44.3 Å². The second-order valence-electron chi connectivity index (χ2n) is 6.14. The van der Waals surface area contributed by atoms with Gasteiger partial charge in [0.2, 0.25) is 17.1 Å². The molecule has 2 heterocycles. The fourth-order valence-electron chi connectivity index (χ4n) is 2.30. The number of aromatic nitrogens is 6. The maximum Gasteiger partial charge on any atom is 0.229 e. The summed E-state index contributed by atoms with van der Waals surface area (Å²) in [6.45, 7) is 1.79. The van der Waals surface area contributed by atoms with Crippen molar-refractivity contribution in [1.29, 1.82) is 0 Å². The van der Waals surface area contributed by atoms with Crippen molar-refractivity contribution in [2.75, 3.05) is 30.6 Å². The van der Waals surface area contributed by atoms with Crippen LogP contribution in [0.15, 0.2) is 23.4 Å². The van der Waals surface area contributed by atoms with Crippen molar-refractivity contribution in [3.63, 3.8) is 0 Å². The molecule has 29 heavy (non-hydrogen) atoms. The predicted molar refractivity (Wildman–Crippen MR) is 114 cm³/mol. The highest BCUT2D eigenvalue weighted by Gasteiger charge is 2.20. The zero-order valence-corrected chi connectivity index (χ0v) is 18.2. The Morgan fingerprint density at radius 2 is 1.97 bits per heavy atom. The first-order valence-electron chi connectivity index (χ1n) is 8.37. The fraction of sp³-hybridized carbons (Fsp3) is 0.312. The van der Waals surface area contributed by atoms with Crippen LogP contribution < -0.4 is 21.2 Å². The van der Waals surface area contributed by atoms with E-state index in [9.17, 15) is 0 Å². The number of anilines is 2. The normalized spacial score (nSPS) is 12.0. The topological polar surface area (TPSA) is 134 Å². The minimum absolute atomic E-state index is 0.149. The van der Waals surface area contributed by atoms with Gasteiger partial charge in [-0.3, -0.25) is 0 Å². The number of nitrogen functional groups attached to an aromatic ring is 2. The lowest BCUT2D eigenvalue weighted by molar-refractivity contribution is 0.213. The molecule has 0 saturated carbocycles. The molecule has 0 aliphatic heterocycles. The van der Waals surface area contributed by atoms with E-state index in [1.807, 2.05) is 14.1 Å². The minimum Gasteiger partial charge on any atom is -0.481 e. The molecule has 3 aromatic rings. The van der Waals surface area contributed by atoms with Crippen LogP contribution in [0.3, 0.4) is 0 Å². The van der Waals surface area contributed by atoms with Gasteiger partial charge in [-0.15, -0.1) is 10.2 Å². The Labute approximate surface area is 181 Å². The van der Waals surface area contributed by atoms with Gasteiger partial charge in [0.05, 0.1) is 10.8 Å². The Balaban J connectivity index is 1.70. The van der Waals surface area contributed by atoms with Crippen molar-refractivity contribution in [2.45, 2.75) is 23.9 Å². The van der Waals surface area contributed by atoms with E-state index in [1.165, 1.54) is 16.4 Å². The summed E-state index contributed by atoms with van der Waals surface area (Å²) in [7, 11) is 3.64. The van der Waals surface area contributed by atoms with Crippen LogP contribution in [-0.4, -0.2) is 43.9 Å². The first-order chi connectivity index (χ1) is 13.7. The molecule has 0 aliphatic rings. The van der Waals surface area contributed by atoms with Gasteiger partial charge in [-0.25, -0.2) is 4.68 Å². The summed E-state index contributed by atoms with van der Waals surface area (Å²) in [4.78, 5) is 14.3. The zero-order valence-electron chi connectivity index (χ0n) is 15.9. The highest BCUT2D eigenvalue weighted by molar-refractivity contribution is 7.98. The summed E-state index contributed by atoms with van der Waals surface area (Å²) < 4.78 is 7.20. The van der Waals surface area contributed by atoms with Gasteiger partial charge in [0.25, 0.3) is 0 Å². The second kappa shape index (κ2) is 8.89. The van der Waals surface area contributed by atoms with Crippen LogP contribution >= 0.6 is 35.0 Å². The van der Waals surface area contributed by atoms with Crippen molar-refractivity contribution >= 4 is 46.9 Å². The van der Waals surface area contributed by atoms with Gasteiger partial charge in [-0.05, 0) is 25.1 Å². The third-order valence-electron chi connectivity index (χ3n) is 3.67. The Hall–Kier alpha value is -2.50. The molecule has 0 saturated heterocycles. The molecular formula is C16H19Cl2N9OS. The summed E-state index contributed by atoms with van der Waals surface area (Å²) in [5, 5.41) is 9.63. The van der Waals surface area contributed by atoms with Gasteiger partial charge >= 0.3 is 0 Å². The third-order valence-corrected chi connectivity index (χ3v) is 5.14. The van der Waals surface area contributed by atoms with Gasteiger partial charge < -0.3 is 21.2 Å². The Morgan fingerprint density at radius 3 is 2.66 bits per heavy atom. The van der Waals surface area contributed by atoms with Crippen LogP contribution in [0.1, 0.15) is 24.7 Å². The molecule has 0 amide bonds. The van der Waals surface area contributed by atoms with Crippen molar-refractivity contribution < 1.29 is 4.74 Å². The van der Waals surface area contributed by atoms with E-state index >= 15 is 0 Å². The number of benzene rings is 1. The van der Waals surface area contributed by atoms with E-state index in [2.05, 4.69) is 25.1 Å². The molecule has 1 unspecified atom stereocenters. The van der Waals surface area contributed by atoms with Gasteiger partial charge in [-0.1, -0.05) is 35.0 Å². The van der Waals surface area contributed by atoms with Gasteiger partial charge in [0.1, 0.15) is 11.6 Å². The molecule has 0 fully saturated rings. The molecule has 154 valence electrons. The quantitative estimate of drug-likeness (QED) is 0.403. The molecule has 2 aromatic heterocycles. The maximum absolute atomic E-state index is 6.15. The molecule has 0 spiro atoms. The molecule has 3 rings (SSSR count). The van der Waals surface area contributed by atoms with Crippen molar-refractivity contribution in [1.82, 2.24) is 29.8 Å². The minimum atomic E-state index is -0.492. The van der Waals surface area contributed by atoms with E-state index in [4.69, 9.17) is 39.5 Å². The summed E-state index contributed by atoms with van der Waals surface area (Å²) in [6.07, 6.45) is -0.492. The third kappa shape index (κ3) is 5.11. The van der Waals surface area contributed by atoms with E-state index in [0.717, 1.165) is 0 Å². The lowest BCUT2D eigenvalue weighted by Gasteiger charge is -2.15. The highest BCUT2D eigenvalue weighted by atomic mass is 35.5. The smallest absolute Gasteiger partial charge is 0.229 e. The van der Waals surface area contributed by atoms with Crippen LogP contribution in [0, 0.1) is 0 Å². The van der Waals surface area contributed by atoms with Crippen molar-refractivity contribution in [3.8, 4) is 5.75 Å². The number of rotatable bonds is 7. The molecule has 13 heteroatoms. The number of nitrogens with two attached hydrogens (primary N) is 2. The van der Waals surface area contributed by atoms with Crippen molar-refractivity contribution in [3.05, 3.63) is 39.9 Å². The molecule has 1 aromatic carbocycles. The Morgan fingerprint density at radius 1 is 1.21 bits per heavy atom. The first-order valence-corrected chi connectivity index (χ1v) is 10.1. The van der Waals surface area contributed by atoms with Crippen LogP contribution in [0.5, 0.6) is 5.75 Å². The average Bonchev–Trinajstić information content (AvgIpc) is 3.02. The van der Waals surface area contributed by atoms with E-state index in [1.54, 1.807) is 30.0 Å². The van der Waals surface area contributed by atoms with Crippen LogP contribution in [0.4, 0.5) is 11.9 Å². The molecule has 1 atom stereocenters. The molecular weight excluding hydrogens is 437 g/mol. The molecule has 4 N–H and O–H groups in total. The van der Waals surface area contributed by atoms with E-state index < -0.39 is 6.10 Å². The Bertz CT molecular complexity index is 1010. The number of halogens is 2. The number of hydrogen-bond donors (Lipinski definition) is 2. The summed E-state index contributed by atoms with van der Waals surface area (Å²) in [6, 6.07) is 4.97. The maximum atomic E-state index is 6.15. The van der Waals surface area contributed by atoms with Crippen molar-refractivity contribution in [2.24, 2.45) is 0 Å². The number of hydrogen-bond acceptors (Lipinski definition) is 10. The Kier molecular flexibility index (Phi) is 6.50. The lowest BCUT2D eigenvalue weighted by atomic mass is 10.3. The second-order valence-corrected chi connectivity index (χ2v) is 7.92. The monoisotopic (exact) mass is 455 g/mol. The molecule has 10 nitrogen and oxygen atoms in total. The largest absolute Gasteiger partial charge is 0.481 e. The van der Waals surface area contributed by atoms with Crippen LogP contribution in [-0.2, 0) is 5.75 Å². The van der Waals surface area contributed by atoms with Gasteiger partial charge in [0, 0.05) is 19.1 Å². The molecule has 0 bridgehead atoms. The molecule has 0 radical (unpaired) electrons. The van der Waals surface area contributed by atoms with Gasteiger partial charge in [-0.2, -0.15) is 15.0 Å². The fourth-order valence-corrected chi connectivity index (χ4v) is 3.47. The standard InChI is InChI=1S/C16H19Cl2N9OS/c1-8(28-11-5-4-9(17)6-10(11)18)13-24-25-16(27(13)20)29-7-12-21-14(19)23-15(22-12)26(2)3/h4-6,8H,7,20H2,1-3H3,(H2,19,21,22,23). The van der Waals surface area contributed by atoms with Gasteiger partial charge in [0.15, 0.2) is 11.9 Å². The average molecular weight is 456 g/mol. The lowest BCUT2D eigenvalue weighted by Crippen LogP contribution is -2.19. The van der Waals surface area contributed by atoms with Crippen LogP contribution in [0.25, 0.3) is 0 Å². The summed E-state index contributed by atoms with van der Waals surface area (Å²) in [5.74, 6) is 8.57. The zero-order chi connectivity index (χ0) is 21.1.